The maximum absolute atomic E-state index is 12.4. The number of nitriles is 1. The Bertz CT molecular complexity index is 1170. The molecule has 7 nitrogen and oxygen atoms in total. The minimum Gasteiger partial charge on any atom is -0.456 e. The third-order valence-electron chi connectivity index (χ3n) is 4.29. The van der Waals surface area contributed by atoms with Gasteiger partial charge in [0.2, 0.25) is 0 Å². The summed E-state index contributed by atoms with van der Waals surface area (Å²) in [6.45, 7) is 3.61. The van der Waals surface area contributed by atoms with E-state index < -0.39 is 10.8 Å². The Kier molecular flexibility index (Phi) is 5.56. The van der Waals surface area contributed by atoms with Gasteiger partial charge in [0.05, 0.1) is 10.5 Å². The van der Waals surface area contributed by atoms with Crippen LogP contribution in [-0.4, -0.2) is 10.8 Å². The van der Waals surface area contributed by atoms with Crippen molar-refractivity contribution in [1.29, 1.82) is 5.26 Å². The number of nitrogens with one attached hydrogen (secondary N) is 1. The van der Waals surface area contributed by atoms with Crippen molar-refractivity contribution in [3.8, 4) is 17.4 Å². The zero-order valence-electron chi connectivity index (χ0n) is 15.8. The van der Waals surface area contributed by atoms with Crippen LogP contribution < -0.4 is 5.32 Å². The van der Waals surface area contributed by atoms with E-state index in [0.717, 1.165) is 11.1 Å². The molecule has 0 aliphatic carbocycles. The molecular weight excluding hydrogens is 370 g/mol. The van der Waals surface area contributed by atoms with Gasteiger partial charge in [-0.1, -0.05) is 24.3 Å². The number of para-hydroxylation sites is 1. The molecule has 0 saturated heterocycles. The van der Waals surface area contributed by atoms with Crippen molar-refractivity contribution in [3.05, 3.63) is 87.2 Å². The number of amides is 1. The monoisotopic (exact) mass is 387 g/mol. The molecule has 1 N–H and O–H groups in total. The topological polar surface area (TPSA) is 109 Å². The van der Waals surface area contributed by atoms with Crippen LogP contribution in [0, 0.1) is 35.3 Å². The fraction of sp³-hybridized carbons (Fsp3) is 0.0909. The fourth-order valence-corrected chi connectivity index (χ4v) is 2.77. The van der Waals surface area contributed by atoms with Gasteiger partial charge in [0, 0.05) is 17.8 Å². The summed E-state index contributed by atoms with van der Waals surface area (Å²) in [5, 5.41) is 23.4. The molecule has 0 spiro atoms. The number of nitro benzene ring substituents is 1. The average Bonchev–Trinajstić information content (AvgIpc) is 3.16. The molecule has 0 radical (unpaired) electrons. The van der Waals surface area contributed by atoms with Gasteiger partial charge >= 0.3 is 0 Å². The van der Waals surface area contributed by atoms with Crippen molar-refractivity contribution in [1.82, 2.24) is 0 Å². The first-order valence-corrected chi connectivity index (χ1v) is 8.73. The Labute approximate surface area is 167 Å². The predicted molar refractivity (Wildman–Crippen MR) is 109 cm³/mol. The van der Waals surface area contributed by atoms with Crippen LogP contribution in [0.2, 0.25) is 0 Å². The Hall–Kier alpha value is -4.18. The van der Waals surface area contributed by atoms with Gasteiger partial charge < -0.3 is 9.73 Å². The number of furan rings is 1. The number of rotatable bonds is 5. The van der Waals surface area contributed by atoms with Crippen LogP contribution in [0.4, 0.5) is 11.4 Å². The van der Waals surface area contributed by atoms with Crippen LogP contribution in [0.5, 0.6) is 0 Å². The smallest absolute Gasteiger partial charge is 0.280 e. The lowest BCUT2D eigenvalue weighted by atomic mass is 10.1. The minimum absolute atomic E-state index is 0.0762. The van der Waals surface area contributed by atoms with Gasteiger partial charge in [0.25, 0.3) is 11.6 Å². The summed E-state index contributed by atoms with van der Waals surface area (Å²) in [7, 11) is 0. The van der Waals surface area contributed by atoms with E-state index in [-0.39, 0.29) is 22.8 Å². The number of carbonyl (C=O) groups excluding carboxylic acids is 1. The Morgan fingerprint density at radius 2 is 1.93 bits per heavy atom. The van der Waals surface area contributed by atoms with Crippen molar-refractivity contribution in [3.63, 3.8) is 0 Å². The minimum atomic E-state index is -0.568. The van der Waals surface area contributed by atoms with Crippen LogP contribution in [0.3, 0.4) is 0 Å². The number of hydrogen-bond acceptors (Lipinski definition) is 5. The Balaban J connectivity index is 1.89. The molecule has 3 aromatic rings. The molecule has 144 valence electrons. The zero-order valence-corrected chi connectivity index (χ0v) is 15.8. The SMILES string of the molecule is Cc1ccc(-c2ccc(/C=C(\C#N)C(=O)Nc3ccccc3C)o2)c([N+](=O)[O-])c1. The summed E-state index contributed by atoms with van der Waals surface area (Å²) in [5.74, 6) is -0.0491. The molecule has 2 aromatic carbocycles. The van der Waals surface area contributed by atoms with Gasteiger partial charge in [0.1, 0.15) is 23.2 Å². The number of nitrogens with zero attached hydrogens (tertiary/aromatic N) is 2. The molecule has 1 aromatic heterocycles. The van der Waals surface area contributed by atoms with Gasteiger partial charge in [0.15, 0.2) is 0 Å². The molecule has 0 aliphatic rings. The van der Waals surface area contributed by atoms with Crippen molar-refractivity contribution < 1.29 is 14.1 Å². The third-order valence-corrected chi connectivity index (χ3v) is 4.29. The summed E-state index contributed by atoms with van der Waals surface area (Å²) >= 11 is 0. The van der Waals surface area contributed by atoms with E-state index in [9.17, 15) is 20.2 Å². The molecular formula is C22H17N3O4. The molecule has 0 bridgehead atoms. The summed E-state index contributed by atoms with van der Waals surface area (Å²) < 4.78 is 5.64. The normalized spacial score (nSPS) is 11.0. The van der Waals surface area contributed by atoms with Gasteiger partial charge in [-0.25, -0.2) is 0 Å². The highest BCUT2D eigenvalue weighted by atomic mass is 16.6. The second-order valence-electron chi connectivity index (χ2n) is 6.42. The molecule has 3 rings (SSSR count). The molecule has 7 heteroatoms. The molecule has 0 atom stereocenters. The first-order chi connectivity index (χ1) is 13.9. The maximum Gasteiger partial charge on any atom is 0.280 e. The lowest BCUT2D eigenvalue weighted by Gasteiger charge is -2.06. The van der Waals surface area contributed by atoms with Gasteiger partial charge in [-0.2, -0.15) is 5.26 Å². The van der Waals surface area contributed by atoms with E-state index in [0.29, 0.717) is 11.3 Å². The lowest BCUT2D eigenvalue weighted by molar-refractivity contribution is -0.384. The average molecular weight is 387 g/mol. The standard InChI is InChI=1S/C22H17N3O4/c1-14-7-9-18(20(11-14)25(27)28)21-10-8-17(29-21)12-16(13-23)22(26)24-19-6-4-3-5-15(19)2/h3-12H,1-2H3,(H,24,26)/b16-12+. The van der Waals surface area contributed by atoms with E-state index in [1.807, 2.05) is 25.1 Å². The molecule has 0 unspecified atom stereocenters. The molecule has 0 saturated carbocycles. The van der Waals surface area contributed by atoms with E-state index >= 15 is 0 Å². The molecule has 1 heterocycles. The van der Waals surface area contributed by atoms with Gasteiger partial charge in [-0.05, 0) is 49.2 Å². The van der Waals surface area contributed by atoms with Gasteiger partial charge in [-0.3, -0.25) is 14.9 Å². The summed E-state index contributed by atoms with van der Waals surface area (Å²) in [4.78, 5) is 23.3. The number of carbonyl (C=O) groups is 1. The number of hydrogen-bond donors (Lipinski definition) is 1. The van der Waals surface area contributed by atoms with Crippen molar-refractivity contribution in [2.24, 2.45) is 0 Å². The highest BCUT2D eigenvalue weighted by Gasteiger charge is 2.18. The third kappa shape index (κ3) is 4.39. The van der Waals surface area contributed by atoms with E-state index in [2.05, 4.69) is 5.32 Å². The Morgan fingerprint density at radius 1 is 1.17 bits per heavy atom. The van der Waals surface area contributed by atoms with E-state index in [4.69, 9.17) is 4.42 Å². The first kappa shape index (κ1) is 19.6. The summed E-state index contributed by atoms with van der Waals surface area (Å²) in [6, 6.07) is 17.0. The quantitative estimate of drug-likeness (QED) is 0.286. The van der Waals surface area contributed by atoms with Crippen LogP contribution in [0.15, 0.2) is 64.6 Å². The van der Waals surface area contributed by atoms with Crippen molar-refractivity contribution >= 4 is 23.4 Å². The molecule has 1 amide bonds. The highest BCUT2D eigenvalue weighted by Crippen LogP contribution is 2.32. The predicted octanol–water partition coefficient (Wildman–Crippen LogP) is 5.02. The first-order valence-electron chi connectivity index (χ1n) is 8.73. The van der Waals surface area contributed by atoms with Crippen molar-refractivity contribution in [2.75, 3.05) is 5.32 Å². The van der Waals surface area contributed by atoms with Crippen LogP contribution in [0.25, 0.3) is 17.4 Å². The number of benzene rings is 2. The highest BCUT2D eigenvalue weighted by molar-refractivity contribution is 6.09. The lowest BCUT2D eigenvalue weighted by Crippen LogP contribution is -2.14. The molecule has 29 heavy (non-hydrogen) atoms. The zero-order chi connectivity index (χ0) is 21.0. The second kappa shape index (κ2) is 8.23. The maximum atomic E-state index is 12.4. The molecule has 0 fully saturated rings. The van der Waals surface area contributed by atoms with Crippen LogP contribution in [0.1, 0.15) is 16.9 Å². The van der Waals surface area contributed by atoms with E-state index in [1.54, 1.807) is 43.3 Å². The second-order valence-corrected chi connectivity index (χ2v) is 6.42. The van der Waals surface area contributed by atoms with Crippen LogP contribution >= 0.6 is 0 Å². The largest absolute Gasteiger partial charge is 0.456 e. The summed E-state index contributed by atoms with van der Waals surface area (Å²) in [5.41, 5.74) is 2.33. The molecule has 0 aliphatic heterocycles. The van der Waals surface area contributed by atoms with Crippen molar-refractivity contribution in [2.45, 2.75) is 13.8 Å². The van der Waals surface area contributed by atoms with Gasteiger partial charge in [-0.15, -0.1) is 0 Å². The summed E-state index contributed by atoms with van der Waals surface area (Å²) in [6.07, 6.45) is 1.30. The fourth-order valence-electron chi connectivity index (χ4n) is 2.77. The Morgan fingerprint density at radius 3 is 2.62 bits per heavy atom. The number of aryl methyl sites for hydroxylation is 2. The van der Waals surface area contributed by atoms with E-state index in [1.165, 1.54) is 12.1 Å². The number of anilines is 1. The number of nitro groups is 1. The van der Waals surface area contributed by atoms with Crippen LogP contribution in [-0.2, 0) is 4.79 Å².